The summed E-state index contributed by atoms with van der Waals surface area (Å²) in [6, 6.07) is 3.82. The van der Waals surface area contributed by atoms with Gasteiger partial charge in [-0.15, -0.1) is 0 Å². The summed E-state index contributed by atoms with van der Waals surface area (Å²) < 4.78 is 6.52. The zero-order valence-corrected chi connectivity index (χ0v) is 13.0. The van der Waals surface area contributed by atoms with Crippen molar-refractivity contribution in [3.8, 4) is 5.88 Å². The van der Waals surface area contributed by atoms with Gasteiger partial charge in [-0.25, -0.2) is 4.98 Å². The molecule has 0 radical (unpaired) electrons. The predicted molar refractivity (Wildman–Crippen MR) is 82.6 cm³/mol. The molecule has 0 unspecified atom stereocenters. The fourth-order valence-corrected chi connectivity index (χ4v) is 1.93. The van der Waals surface area contributed by atoms with Gasteiger partial charge >= 0.3 is 0 Å². The highest BCUT2D eigenvalue weighted by atomic mass is 79.9. The largest absolute Gasteiger partial charge is 0.478 e. The van der Waals surface area contributed by atoms with Crippen molar-refractivity contribution in [1.29, 1.82) is 0 Å². The van der Waals surface area contributed by atoms with Gasteiger partial charge in [0.2, 0.25) is 5.88 Å². The van der Waals surface area contributed by atoms with Crippen molar-refractivity contribution in [1.82, 2.24) is 10.3 Å². The third-order valence-corrected chi connectivity index (χ3v) is 3.18. The Morgan fingerprint density at radius 3 is 2.72 bits per heavy atom. The van der Waals surface area contributed by atoms with Crippen LogP contribution in [-0.2, 0) is 0 Å². The number of nitrogens with zero attached hydrogens (tertiary/aromatic N) is 1. The molecule has 0 bridgehead atoms. The highest BCUT2D eigenvalue weighted by Crippen LogP contribution is 2.12. The van der Waals surface area contributed by atoms with E-state index in [4.69, 9.17) is 4.74 Å². The minimum Gasteiger partial charge on any atom is -0.478 e. The monoisotopic (exact) mass is 332 g/mol. The van der Waals surface area contributed by atoms with Crippen LogP contribution in [0.15, 0.2) is 22.8 Å². The zero-order valence-electron chi connectivity index (χ0n) is 10.6. The van der Waals surface area contributed by atoms with E-state index >= 15 is 0 Å². The van der Waals surface area contributed by atoms with Gasteiger partial charge in [-0.05, 0) is 41.4 Å². The number of hydrogen-bond donors (Lipinski definition) is 2. The SMILES string of the molecule is SCCNCCCCCCOc1ccc(Br)cn1. The van der Waals surface area contributed by atoms with Crippen LogP contribution in [0.4, 0.5) is 0 Å². The normalized spacial score (nSPS) is 10.6. The highest BCUT2D eigenvalue weighted by Gasteiger charge is 1.95. The van der Waals surface area contributed by atoms with Crippen molar-refractivity contribution in [3.05, 3.63) is 22.8 Å². The van der Waals surface area contributed by atoms with E-state index in [-0.39, 0.29) is 0 Å². The molecule has 0 saturated carbocycles. The molecule has 0 amide bonds. The molecule has 1 aromatic rings. The Kier molecular flexibility index (Phi) is 9.34. The summed E-state index contributed by atoms with van der Waals surface area (Å²) >= 11 is 7.49. The molecule has 1 aromatic heterocycles. The Morgan fingerprint density at radius 1 is 1.17 bits per heavy atom. The molecule has 0 saturated heterocycles. The second-order valence-corrected chi connectivity index (χ2v) is 5.41. The fraction of sp³-hybridized carbons (Fsp3) is 0.615. The van der Waals surface area contributed by atoms with Crippen molar-refractivity contribution in [2.75, 3.05) is 25.4 Å². The molecule has 0 spiro atoms. The van der Waals surface area contributed by atoms with Gasteiger partial charge in [0.05, 0.1) is 6.61 Å². The molecule has 102 valence electrons. The van der Waals surface area contributed by atoms with E-state index in [1.807, 2.05) is 12.1 Å². The summed E-state index contributed by atoms with van der Waals surface area (Å²) in [7, 11) is 0. The van der Waals surface area contributed by atoms with Gasteiger partial charge in [0, 0.05) is 29.0 Å². The summed E-state index contributed by atoms with van der Waals surface area (Å²) in [6.07, 6.45) is 6.52. The summed E-state index contributed by atoms with van der Waals surface area (Å²) in [5, 5.41) is 3.34. The standard InChI is InChI=1S/C13H21BrN2OS/c14-12-5-6-13(16-11-12)17-9-4-2-1-3-7-15-8-10-18/h5-6,11,15,18H,1-4,7-10H2. The molecule has 0 aliphatic rings. The molecule has 3 nitrogen and oxygen atoms in total. The van der Waals surface area contributed by atoms with Crippen LogP contribution in [0.25, 0.3) is 0 Å². The summed E-state index contributed by atoms with van der Waals surface area (Å²) in [6.45, 7) is 2.84. The molecular weight excluding hydrogens is 312 g/mol. The molecule has 5 heteroatoms. The number of ether oxygens (including phenoxy) is 1. The summed E-state index contributed by atoms with van der Waals surface area (Å²) in [5.74, 6) is 1.61. The maximum atomic E-state index is 5.55. The highest BCUT2D eigenvalue weighted by molar-refractivity contribution is 9.10. The number of hydrogen-bond acceptors (Lipinski definition) is 4. The molecular formula is C13H21BrN2OS. The lowest BCUT2D eigenvalue weighted by molar-refractivity contribution is 0.293. The first-order chi connectivity index (χ1) is 8.83. The molecule has 0 fully saturated rings. The second-order valence-electron chi connectivity index (χ2n) is 4.05. The number of unbranched alkanes of at least 4 members (excludes halogenated alkanes) is 3. The molecule has 0 aliphatic heterocycles. The minimum atomic E-state index is 0.702. The Labute approximate surface area is 123 Å². The van der Waals surface area contributed by atoms with Gasteiger partial charge in [-0.2, -0.15) is 12.6 Å². The van der Waals surface area contributed by atoms with Crippen LogP contribution in [0.2, 0.25) is 0 Å². The lowest BCUT2D eigenvalue weighted by atomic mass is 10.2. The first kappa shape index (κ1) is 15.8. The third kappa shape index (κ3) is 7.95. The molecule has 0 aromatic carbocycles. The maximum absolute atomic E-state index is 5.55. The maximum Gasteiger partial charge on any atom is 0.213 e. The number of thiol groups is 1. The average molecular weight is 333 g/mol. The number of nitrogens with one attached hydrogen (secondary N) is 1. The lowest BCUT2D eigenvalue weighted by Gasteiger charge is -2.05. The van der Waals surface area contributed by atoms with E-state index in [9.17, 15) is 0 Å². The predicted octanol–water partition coefficient (Wildman–Crippen LogP) is 3.30. The van der Waals surface area contributed by atoms with E-state index in [1.165, 1.54) is 19.3 Å². The molecule has 0 aliphatic carbocycles. The van der Waals surface area contributed by atoms with Gasteiger partial charge in [-0.3, -0.25) is 0 Å². The van der Waals surface area contributed by atoms with Crippen LogP contribution in [0.3, 0.4) is 0 Å². The first-order valence-corrected chi connectivity index (χ1v) is 7.81. The van der Waals surface area contributed by atoms with E-state index in [2.05, 4.69) is 38.9 Å². The van der Waals surface area contributed by atoms with Gasteiger partial charge in [0.25, 0.3) is 0 Å². The van der Waals surface area contributed by atoms with Crippen LogP contribution in [0.5, 0.6) is 5.88 Å². The molecule has 0 atom stereocenters. The molecule has 1 N–H and O–H groups in total. The van der Waals surface area contributed by atoms with Crippen molar-refractivity contribution >= 4 is 28.6 Å². The average Bonchev–Trinajstić information content (AvgIpc) is 2.39. The van der Waals surface area contributed by atoms with Crippen LogP contribution in [0.1, 0.15) is 25.7 Å². The van der Waals surface area contributed by atoms with Crippen LogP contribution < -0.4 is 10.1 Å². The fourth-order valence-electron chi connectivity index (χ4n) is 1.53. The second kappa shape index (κ2) is 10.6. The van der Waals surface area contributed by atoms with Crippen molar-refractivity contribution in [2.24, 2.45) is 0 Å². The van der Waals surface area contributed by atoms with Crippen LogP contribution in [-0.4, -0.2) is 30.4 Å². The topological polar surface area (TPSA) is 34.1 Å². The number of aromatic nitrogens is 1. The number of rotatable bonds is 10. The van der Waals surface area contributed by atoms with Crippen LogP contribution in [0, 0.1) is 0 Å². The minimum absolute atomic E-state index is 0.702. The molecule has 18 heavy (non-hydrogen) atoms. The van der Waals surface area contributed by atoms with E-state index in [1.54, 1.807) is 6.20 Å². The van der Waals surface area contributed by atoms with Gasteiger partial charge in [-0.1, -0.05) is 12.8 Å². The van der Waals surface area contributed by atoms with Gasteiger partial charge < -0.3 is 10.1 Å². The van der Waals surface area contributed by atoms with Crippen molar-refractivity contribution in [2.45, 2.75) is 25.7 Å². The van der Waals surface area contributed by atoms with E-state index in [0.717, 1.165) is 36.3 Å². The third-order valence-electron chi connectivity index (χ3n) is 2.49. The van der Waals surface area contributed by atoms with Gasteiger partial charge in [0.1, 0.15) is 0 Å². The van der Waals surface area contributed by atoms with Crippen LogP contribution >= 0.6 is 28.6 Å². The molecule has 1 rings (SSSR count). The Balaban J connectivity index is 1.91. The smallest absolute Gasteiger partial charge is 0.213 e. The Hall–Kier alpha value is -0.260. The Bertz CT molecular complexity index is 308. The van der Waals surface area contributed by atoms with E-state index < -0.39 is 0 Å². The van der Waals surface area contributed by atoms with E-state index in [0.29, 0.717) is 5.88 Å². The lowest BCUT2D eigenvalue weighted by Crippen LogP contribution is -2.17. The Morgan fingerprint density at radius 2 is 2.00 bits per heavy atom. The van der Waals surface area contributed by atoms with Gasteiger partial charge in [0.15, 0.2) is 0 Å². The number of pyridine rings is 1. The molecule has 1 heterocycles. The zero-order chi connectivity index (χ0) is 13.1. The van der Waals surface area contributed by atoms with Crippen molar-refractivity contribution in [3.63, 3.8) is 0 Å². The quantitative estimate of drug-likeness (QED) is 0.509. The number of halogens is 1. The summed E-state index contributed by atoms with van der Waals surface area (Å²) in [4.78, 5) is 4.16. The first-order valence-electron chi connectivity index (χ1n) is 6.39. The van der Waals surface area contributed by atoms with Crippen molar-refractivity contribution < 1.29 is 4.74 Å². The summed E-state index contributed by atoms with van der Waals surface area (Å²) in [5.41, 5.74) is 0.